The highest BCUT2D eigenvalue weighted by atomic mass is 31.3. The number of ether oxygens (including phenoxy) is 1. The molecular formula is C13H19F2N4O14P3. The molecule has 3 unspecified atom stereocenters. The number of aliphatic hydroxyl groups excluding tert-OH is 1. The third-order valence-corrected chi connectivity index (χ3v) is 8.76. The fraction of sp³-hybridized carbons (Fsp3) is 0.538. The van der Waals surface area contributed by atoms with Gasteiger partial charge in [-0.2, -0.15) is 13.6 Å². The lowest BCUT2D eigenvalue weighted by Gasteiger charge is -2.29. The number of hydrogen-bond acceptors (Lipinski definition) is 12. The Hall–Kier alpha value is -1.63. The summed E-state index contributed by atoms with van der Waals surface area (Å²) in [5.74, 6) is -1.69. The SMILES string of the molecule is C[C@H](OP(=O)(O)OP(=O)(O)OP(=O)(O)O)[C@H]1O[C@@H](n2cc(F)c3c(=O)[nH]c(N)nc32)C(O)(CF)[C@H]1O. The molecule has 0 spiro atoms. The van der Waals surface area contributed by atoms with E-state index in [1.54, 1.807) is 0 Å². The van der Waals surface area contributed by atoms with E-state index < -0.39 is 88.6 Å². The Bertz CT molecular complexity index is 1360. The molecule has 0 amide bonds. The van der Waals surface area contributed by atoms with Crippen LogP contribution in [0.25, 0.3) is 11.0 Å². The molecule has 36 heavy (non-hydrogen) atoms. The second-order valence-corrected chi connectivity index (χ2v) is 11.8. The lowest BCUT2D eigenvalue weighted by molar-refractivity contribution is -0.119. The van der Waals surface area contributed by atoms with Crippen LogP contribution in [0.15, 0.2) is 11.0 Å². The van der Waals surface area contributed by atoms with E-state index in [4.69, 9.17) is 20.3 Å². The Morgan fingerprint density at radius 3 is 2.44 bits per heavy atom. The van der Waals surface area contributed by atoms with Crippen molar-refractivity contribution in [1.29, 1.82) is 0 Å². The van der Waals surface area contributed by atoms with Gasteiger partial charge < -0.3 is 40.3 Å². The van der Waals surface area contributed by atoms with Crippen molar-refractivity contribution in [2.75, 3.05) is 12.4 Å². The fourth-order valence-electron chi connectivity index (χ4n) is 3.47. The summed E-state index contributed by atoms with van der Waals surface area (Å²) in [6.07, 6.45) is -7.55. The van der Waals surface area contributed by atoms with Crippen molar-refractivity contribution in [2.45, 2.75) is 37.1 Å². The highest BCUT2D eigenvalue weighted by Gasteiger charge is 2.59. The largest absolute Gasteiger partial charge is 0.490 e. The van der Waals surface area contributed by atoms with Crippen LogP contribution in [-0.2, 0) is 31.6 Å². The van der Waals surface area contributed by atoms with Crippen molar-refractivity contribution >= 4 is 40.4 Å². The normalized spacial score (nSPS) is 29.2. The van der Waals surface area contributed by atoms with E-state index in [-0.39, 0.29) is 0 Å². The predicted octanol–water partition coefficient (Wildman–Crippen LogP) is -0.863. The topological polar surface area (TPSA) is 286 Å². The average molecular weight is 586 g/mol. The minimum Gasteiger partial charge on any atom is -0.387 e. The lowest BCUT2D eigenvalue weighted by Crippen LogP contribution is -2.50. The number of fused-ring (bicyclic) bond motifs is 1. The molecule has 204 valence electrons. The van der Waals surface area contributed by atoms with Crippen LogP contribution in [0.1, 0.15) is 13.2 Å². The molecule has 1 aliphatic rings. The predicted molar refractivity (Wildman–Crippen MR) is 110 cm³/mol. The molecule has 1 aliphatic heterocycles. The van der Waals surface area contributed by atoms with Gasteiger partial charge in [0.25, 0.3) is 5.56 Å². The Balaban J connectivity index is 1.92. The molecule has 1 saturated heterocycles. The zero-order chi connectivity index (χ0) is 27.4. The summed E-state index contributed by atoms with van der Waals surface area (Å²) < 4.78 is 80.3. The molecule has 0 radical (unpaired) electrons. The van der Waals surface area contributed by atoms with E-state index in [1.807, 2.05) is 4.98 Å². The molecule has 1 fully saturated rings. The highest BCUT2D eigenvalue weighted by molar-refractivity contribution is 7.66. The number of phosphoric ester groups is 1. The molecule has 0 saturated carbocycles. The van der Waals surface area contributed by atoms with Gasteiger partial charge in [0.2, 0.25) is 5.95 Å². The summed E-state index contributed by atoms with van der Waals surface area (Å²) in [6.45, 7) is -0.861. The smallest absolute Gasteiger partial charge is 0.387 e. The number of aromatic amines is 1. The van der Waals surface area contributed by atoms with E-state index in [1.165, 1.54) is 0 Å². The third kappa shape index (κ3) is 5.76. The van der Waals surface area contributed by atoms with E-state index in [0.717, 1.165) is 6.92 Å². The molecule has 23 heteroatoms. The number of aromatic nitrogens is 3. The zero-order valence-electron chi connectivity index (χ0n) is 17.6. The molecule has 2 aromatic rings. The monoisotopic (exact) mass is 586 g/mol. The van der Waals surface area contributed by atoms with Crippen LogP contribution in [0.2, 0.25) is 0 Å². The summed E-state index contributed by atoms with van der Waals surface area (Å²) in [6, 6.07) is 0. The first kappa shape index (κ1) is 28.9. The van der Waals surface area contributed by atoms with Gasteiger partial charge >= 0.3 is 23.5 Å². The van der Waals surface area contributed by atoms with Crippen molar-refractivity contribution in [3.63, 3.8) is 0 Å². The number of hydrogen-bond donors (Lipinski definition) is 8. The van der Waals surface area contributed by atoms with Crippen LogP contribution < -0.4 is 11.3 Å². The first-order valence-electron chi connectivity index (χ1n) is 9.30. The summed E-state index contributed by atoms with van der Waals surface area (Å²) in [5, 5.41) is 20.6. The van der Waals surface area contributed by atoms with Crippen LogP contribution in [0.4, 0.5) is 14.7 Å². The van der Waals surface area contributed by atoms with Crippen LogP contribution >= 0.6 is 23.5 Å². The first-order valence-corrected chi connectivity index (χ1v) is 13.8. The molecule has 9 N–H and O–H groups in total. The number of H-pyrrole nitrogens is 1. The second kappa shape index (κ2) is 9.59. The molecule has 3 heterocycles. The van der Waals surface area contributed by atoms with E-state index in [0.29, 0.717) is 10.8 Å². The van der Waals surface area contributed by atoms with Gasteiger partial charge in [-0.15, -0.1) is 0 Å². The Labute approximate surface area is 197 Å². The number of halogens is 2. The zero-order valence-corrected chi connectivity index (χ0v) is 20.3. The van der Waals surface area contributed by atoms with Gasteiger partial charge in [-0.25, -0.2) is 22.5 Å². The summed E-state index contributed by atoms with van der Waals surface area (Å²) >= 11 is 0. The van der Waals surface area contributed by atoms with E-state index in [2.05, 4.69) is 18.1 Å². The van der Waals surface area contributed by atoms with E-state index >= 15 is 0 Å². The van der Waals surface area contributed by atoms with Gasteiger partial charge in [0, 0.05) is 6.20 Å². The molecule has 0 bridgehead atoms. The average Bonchev–Trinajstić information content (AvgIpc) is 3.13. The number of anilines is 1. The highest BCUT2D eigenvalue weighted by Crippen LogP contribution is 2.66. The Morgan fingerprint density at radius 2 is 1.89 bits per heavy atom. The maximum atomic E-state index is 14.4. The molecule has 3 rings (SSSR count). The maximum Gasteiger partial charge on any atom is 0.490 e. The number of aliphatic hydroxyl groups is 2. The molecule has 7 atom stereocenters. The molecule has 0 aromatic carbocycles. The van der Waals surface area contributed by atoms with Gasteiger partial charge in [-0.3, -0.25) is 18.9 Å². The quantitative estimate of drug-likeness (QED) is 0.166. The maximum absolute atomic E-state index is 14.4. The van der Waals surface area contributed by atoms with Crippen LogP contribution in [-0.4, -0.2) is 74.9 Å². The number of nitrogens with two attached hydrogens (primary N) is 1. The van der Waals surface area contributed by atoms with Crippen molar-refractivity contribution in [3.8, 4) is 0 Å². The second-order valence-electron chi connectivity index (χ2n) is 7.46. The summed E-state index contributed by atoms with van der Waals surface area (Å²) in [4.78, 5) is 53.8. The lowest BCUT2D eigenvalue weighted by atomic mass is 9.93. The van der Waals surface area contributed by atoms with Crippen LogP contribution in [0, 0.1) is 5.82 Å². The van der Waals surface area contributed by atoms with Gasteiger partial charge in [-0.1, -0.05) is 0 Å². The molecule has 0 aliphatic carbocycles. The molecular weight excluding hydrogens is 567 g/mol. The molecule has 2 aromatic heterocycles. The summed E-state index contributed by atoms with van der Waals surface area (Å²) in [5.41, 5.74) is 0.983. The standard InChI is InChI=1S/C13H19F2N4O14P3/c1-4(31-35(26,27)33-36(28,29)32-34(23,24)25)7-8(20)13(22,3-14)11(30-7)19-2-5(15)6-9(19)17-12(16)18-10(6)21/h2,4,7-8,11,20,22H,3H2,1H3,(H,26,27)(H,28,29)(H2,23,24,25)(H3,16,17,18,21)/t4-,7+,8-,11+,13?/m0/s1. The number of rotatable bonds is 9. The molecule has 18 nitrogen and oxygen atoms in total. The van der Waals surface area contributed by atoms with Gasteiger partial charge in [0.05, 0.1) is 6.10 Å². The van der Waals surface area contributed by atoms with Gasteiger partial charge in [0.1, 0.15) is 24.3 Å². The number of nitrogens with one attached hydrogen (secondary N) is 1. The fourth-order valence-corrected chi connectivity index (χ4v) is 6.67. The first-order chi connectivity index (χ1) is 16.3. The minimum absolute atomic E-state index is 0.494. The Morgan fingerprint density at radius 1 is 1.28 bits per heavy atom. The van der Waals surface area contributed by atoms with Crippen molar-refractivity contribution in [3.05, 3.63) is 22.4 Å². The van der Waals surface area contributed by atoms with Gasteiger partial charge in [0.15, 0.2) is 23.3 Å². The third-order valence-electron chi connectivity index (χ3n) is 4.84. The number of phosphoric acid groups is 3. The Kier molecular flexibility index (Phi) is 7.71. The minimum atomic E-state index is -5.88. The number of nitrogen functional groups attached to an aromatic ring is 1. The van der Waals surface area contributed by atoms with Crippen LogP contribution in [0.3, 0.4) is 0 Å². The summed E-state index contributed by atoms with van der Waals surface area (Å²) in [7, 11) is -17.3. The van der Waals surface area contributed by atoms with Crippen molar-refractivity contribution < 1.29 is 70.1 Å². The number of alkyl halides is 1. The van der Waals surface area contributed by atoms with Crippen LogP contribution in [0.5, 0.6) is 0 Å². The van der Waals surface area contributed by atoms with Gasteiger partial charge in [-0.05, 0) is 6.92 Å². The van der Waals surface area contributed by atoms with Crippen molar-refractivity contribution in [2.24, 2.45) is 0 Å². The van der Waals surface area contributed by atoms with E-state index in [9.17, 15) is 47.3 Å². The number of nitrogens with zero attached hydrogens (tertiary/aromatic N) is 2. The van der Waals surface area contributed by atoms with Crippen molar-refractivity contribution in [1.82, 2.24) is 14.5 Å².